The summed E-state index contributed by atoms with van der Waals surface area (Å²) in [7, 11) is 1.46. The van der Waals surface area contributed by atoms with Gasteiger partial charge in [0.15, 0.2) is 18.1 Å². The first-order valence-corrected chi connectivity index (χ1v) is 14.6. The maximum Gasteiger partial charge on any atom is 0.294 e. The lowest BCUT2D eigenvalue weighted by atomic mass is 10.1. The van der Waals surface area contributed by atoms with E-state index in [9.17, 15) is 19.2 Å². The third kappa shape index (κ3) is 7.40. The molecule has 0 bridgehead atoms. The largest absolute Gasteiger partial charge is 0.493 e. The highest BCUT2D eigenvalue weighted by Gasteiger charge is 2.36. The number of hydrogen-bond acceptors (Lipinski definition) is 7. The number of thioether (sulfide) groups is 1. The minimum Gasteiger partial charge on any atom is -0.493 e. The van der Waals surface area contributed by atoms with Crippen LogP contribution in [-0.2, 0) is 14.4 Å². The Bertz CT molecular complexity index is 1600. The zero-order chi connectivity index (χ0) is 30.6. The number of rotatable bonds is 9. The Hall–Kier alpha value is -4.09. The van der Waals surface area contributed by atoms with Gasteiger partial charge in [-0.05, 0) is 110 Å². The predicted molar refractivity (Wildman–Crippen MR) is 168 cm³/mol. The average Bonchev–Trinajstić information content (AvgIpc) is 3.19. The molecular weight excluding hydrogens is 622 g/mol. The van der Waals surface area contributed by atoms with Gasteiger partial charge in [-0.1, -0.05) is 28.1 Å². The van der Waals surface area contributed by atoms with Crippen molar-refractivity contribution in [3.8, 4) is 11.5 Å². The molecule has 0 aliphatic carbocycles. The second kappa shape index (κ2) is 13.3. The van der Waals surface area contributed by atoms with Crippen molar-refractivity contribution in [3.63, 3.8) is 0 Å². The SMILES string of the molecule is COc1cc(/C=C2/SC(=O)N(CC(=O)Nc3cc(C)cc(C)c3)C2=O)ccc1OCC(=O)Nc1ccc(Br)c(C)c1C. The number of carbonyl (C=O) groups excluding carboxylic acids is 4. The van der Waals surface area contributed by atoms with Gasteiger partial charge in [-0.15, -0.1) is 0 Å². The number of methoxy groups -OCH3 is 1. The molecule has 1 heterocycles. The summed E-state index contributed by atoms with van der Waals surface area (Å²) < 4.78 is 12.1. The summed E-state index contributed by atoms with van der Waals surface area (Å²) in [6.45, 7) is 7.08. The van der Waals surface area contributed by atoms with E-state index in [1.54, 1.807) is 24.3 Å². The van der Waals surface area contributed by atoms with Gasteiger partial charge in [0.05, 0.1) is 12.0 Å². The van der Waals surface area contributed by atoms with Crippen LogP contribution in [0.2, 0.25) is 0 Å². The van der Waals surface area contributed by atoms with Gasteiger partial charge in [-0.2, -0.15) is 0 Å². The van der Waals surface area contributed by atoms with Crippen LogP contribution in [0.4, 0.5) is 16.2 Å². The normalized spacial score (nSPS) is 13.9. The second-order valence-electron chi connectivity index (χ2n) is 9.78. The smallest absolute Gasteiger partial charge is 0.294 e. The molecule has 1 fully saturated rings. The van der Waals surface area contributed by atoms with Crippen LogP contribution in [-0.4, -0.2) is 48.1 Å². The van der Waals surface area contributed by atoms with Gasteiger partial charge in [0.2, 0.25) is 5.91 Å². The third-order valence-electron chi connectivity index (χ3n) is 6.52. The molecule has 0 aromatic heterocycles. The van der Waals surface area contributed by atoms with Crippen molar-refractivity contribution in [3.05, 3.63) is 85.7 Å². The van der Waals surface area contributed by atoms with Crippen LogP contribution in [0.5, 0.6) is 11.5 Å². The first-order valence-electron chi connectivity index (χ1n) is 12.9. The summed E-state index contributed by atoms with van der Waals surface area (Å²) in [6.07, 6.45) is 1.55. The lowest BCUT2D eigenvalue weighted by Crippen LogP contribution is -2.36. The molecule has 0 saturated carbocycles. The van der Waals surface area contributed by atoms with E-state index >= 15 is 0 Å². The van der Waals surface area contributed by atoms with Crippen molar-refractivity contribution >= 4 is 68.1 Å². The molecule has 4 amide bonds. The van der Waals surface area contributed by atoms with Crippen LogP contribution in [0, 0.1) is 27.7 Å². The molecule has 1 aliphatic rings. The van der Waals surface area contributed by atoms with Crippen LogP contribution in [0.25, 0.3) is 6.08 Å². The van der Waals surface area contributed by atoms with E-state index in [1.165, 1.54) is 7.11 Å². The molecule has 0 atom stereocenters. The molecule has 9 nitrogen and oxygen atoms in total. The molecule has 0 unspecified atom stereocenters. The Labute approximate surface area is 256 Å². The molecule has 0 spiro atoms. The molecular formula is C31H30BrN3O6S. The zero-order valence-corrected chi connectivity index (χ0v) is 26.2. The number of nitrogens with one attached hydrogen (secondary N) is 2. The lowest BCUT2D eigenvalue weighted by Gasteiger charge is -2.14. The summed E-state index contributed by atoms with van der Waals surface area (Å²) in [4.78, 5) is 51.7. The first kappa shape index (κ1) is 30.9. The first-order chi connectivity index (χ1) is 19.9. The predicted octanol–water partition coefficient (Wildman–Crippen LogP) is 6.38. The standard InChI is InChI=1S/C31H30BrN3O6S/c1-17-10-18(2)12-22(11-17)33-28(36)15-35-30(38)27(42-31(35)39)14-21-6-9-25(26(13-21)40-5)41-16-29(37)34-24-8-7-23(32)19(3)20(24)4/h6-14H,15-16H2,1-5H3,(H,33,36)(H,34,37)/b27-14+. The number of carbonyl (C=O) groups is 4. The van der Waals surface area contributed by atoms with Gasteiger partial charge in [0.25, 0.3) is 17.1 Å². The van der Waals surface area contributed by atoms with Gasteiger partial charge in [0.1, 0.15) is 6.54 Å². The van der Waals surface area contributed by atoms with E-state index in [2.05, 4.69) is 26.6 Å². The molecule has 218 valence electrons. The Morgan fingerprint density at radius 1 is 0.905 bits per heavy atom. The van der Waals surface area contributed by atoms with Gasteiger partial charge >= 0.3 is 0 Å². The fourth-order valence-corrected chi connectivity index (χ4v) is 5.59. The summed E-state index contributed by atoms with van der Waals surface area (Å²) in [6, 6.07) is 14.2. The summed E-state index contributed by atoms with van der Waals surface area (Å²) in [5.41, 5.74) is 5.83. The van der Waals surface area contributed by atoms with Crippen LogP contribution in [0.1, 0.15) is 27.8 Å². The second-order valence-corrected chi connectivity index (χ2v) is 11.6. The van der Waals surface area contributed by atoms with Crippen LogP contribution < -0.4 is 20.1 Å². The molecule has 1 aliphatic heterocycles. The van der Waals surface area contributed by atoms with E-state index in [4.69, 9.17) is 9.47 Å². The number of imide groups is 1. The molecule has 2 N–H and O–H groups in total. The van der Waals surface area contributed by atoms with Crippen molar-refractivity contribution in [2.24, 2.45) is 0 Å². The Balaban J connectivity index is 1.39. The fourth-order valence-electron chi connectivity index (χ4n) is 4.32. The van der Waals surface area contributed by atoms with Crippen molar-refractivity contribution in [2.75, 3.05) is 30.9 Å². The minimum absolute atomic E-state index is 0.175. The fraction of sp³-hybridized carbons (Fsp3) is 0.226. The lowest BCUT2D eigenvalue weighted by molar-refractivity contribution is -0.127. The van der Waals surface area contributed by atoms with Gasteiger partial charge in [0, 0.05) is 15.8 Å². The molecule has 4 rings (SSSR count). The number of hydrogen-bond donors (Lipinski definition) is 2. The molecule has 1 saturated heterocycles. The van der Waals surface area contributed by atoms with E-state index < -0.39 is 23.6 Å². The summed E-state index contributed by atoms with van der Waals surface area (Å²) >= 11 is 4.24. The summed E-state index contributed by atoms with van der Waals surface area (Å²) in [5, 5.41) is 5.06. The topological polar surface area (TPSA) is 114 Å². The molecule has 3 aromatic carbocycles. The van der Waals surface area contributed by atoms with Gasteiger partial charge < -0.3 is 20.1 Å². The van der Waals surface area contributed by atoms with Crippen molar-refractivity contribution < 1.29 is 28.7 Å². The van der Waals surface area contributed by atoms with Crippen molar-refractivity contribution in [2.45, 2.75) is 27.7 Å². The number of ether oxygens (including phenoxy) is 2. The van der Waals surface area contributed by atoms with E-state index in [-0.39, 0.29) is 17.4 Å². The minimum atomic E-state index is -0.560. The highest BCUT2D eigenvalue weighted by Crippen LogP contribution is 2.35. The zero-order valence-electron chi connectivity index (χ0n) is 23.8. The molecule has 11 heteroatoms. The van der Waals surface area contributed by atoms with E-state index in [1.807, 2.05) is 58.0 Å². The highest BCUT2D eigenvalue weighted by molar-refractivity contribution is 9.10. The van der Waals surface area contributed by atoms with Gasteiger partial charge in [-0.3, -0.25) is 24.1 Å². The molecule has 3 aromatic rings. The Kier molecular flexibility index (Phi) is 9.74. The van der Waals surface area contributed by atoms with Gasteiger partial charge in [-0.25, -0.2) is 0 Å². The van der Waals surface area contributed by atoms with Crippen LogP contribution in [0.3, 0.4) is 0 Å². The number of amides is 4. The van der Waals surface area contributed by atoms with Crippen molar-refractivity contribution in [1.82, 2.24) is 4.90 Å². The molecule has 42 heavy (non-hydrogen) atoms. The average molecular weight is 653 g/mol. The maximum absolute atomic E-state index is 13.0. The van der Waals surface area contributed by atoms with Crippen LogP contribution >= 0.6 is 27.7 Å². The van der Waals surface area contributed by atoms with E-state index in [0.29, 0.717) is 28.4 Å². The number of nitrogens with zero attached hydrogens (tertiary/aromatic N) is 1. The monoisotopic (exact) mass is 651 g/mol. The quantitative estimate of drug-likeness (QED) is 0.258. The third-order valence-corrected chi connectivity index (χ3v) is 8.29. The number of aryl methyl sites for hydroxylation is 2. The Morgan fingerprint density at radius 3 is 2.31 bits per heavy atom. The van der Waals surface area contributed by atoms with Crippen molar-refractivity contribution in [1.29, 1.82) is 0 Å². The number of anilines is 2. The number of halogens is 1. The summed E-state index contributed by atoms with van der Waals surface area (Å²) in [5.74, 6) is -0.679. The highest BCUT2D eigenvalue weighted by atomic mass is 79.9. The van der Waals surface area contributed by atoms with E-state index in [0.717, 1.165) is 43.4 Å². The maximum atomic E-state index is 13.0. The Morgan fingerprint density at radius 2 is 1.62 bits per heavy atom. The number of benzene rings is 3. The van der Waals surface area contributed by atoms with Crippen LogP contribution in [0.15, 0.2) is 57.9 Å². The molecule has 0 radical (unpaired) electrons.